The predicted molar refractivity (Wildman–Crippen MR) is 233 cm³/mol. The maximum atomic E-state index is 11.7. The number of aliphatic hydroxyl groups excluding tert-OH is 1. The Morgan fingerprint density at radius 1 is 0.764 bits per heavy atom. The van der Waals surface area contributed by atoms with Gasteiger partial charge < -0.3 is 5.11 Å². The maximum Gasteiger partial charge on any atom is 0.162 e. The number of aliphatic hydroxyl groups is 1. The Balaban J connectivity index is 0.000000360. The molecule has 6 rings (SSSR count). The molecule has 55 heavy (non-hydrogen) atoms. The largest absolute Gasteiger partial charge is 0.512 e. The van der Waals surface area contributed by atoms with E-state index in [9.17, 15) is 9.90 Å². The topological polar surface area (TPSA) is 63.1 Å². The summed E-state index contributed by atoms with van der Waals surface area (Å²) in [7, 11) is 0. The number of ketones is 1. The average Bonchev–Trinajstić information content (AvgIpc) is 3.48. The molecule has 0 atom stereocenters. The summed E-state index contributed by atoms with van der Waals surface area (Å²) in [4.78, 5) is 11.7. The van der Waals surface area contributed by atoms with E-state index in [0.29, 0.717) is 0 Å². The Kier molecular flexibility index (Phi) is 14.8. The van der Waals surface area contributed by atoms with Crippen molar-refractivity contribution in [2.45, 2.75) is 115 Å². The van der Waals surface area contributed by atoms with Gasteiger partial charge in [0.05, 0.1) is 5.76 Å². The van der Waals surface area contributed by atoms with E-state index in [2.05, 4.69) is 116 Å². The van der Waals surface area contributed by atoms with Gasteiger partial charge in [-0.25, -0.2) is 0 Å². The molecular formula is C49H59IrN2O2S-. The summed E-state index contributed by atoms with van der Waals surface area (Å²) in [6.07, 6.45) is 5.97. The first kappa shape index (κ1) is 44.0. The van der Waals surface area contributed by atoms with Gasteiger partial charge in [0.15, 0.2) is 5.78 Å². The minimum absolute atomic E-state index is 0. The third-order valence-electron chi connectivity index (χ3n) is 10.6. The van der Waals surface area contributed by atoms with Crippen LogP contribution in [-0.4, -0.2) is 21.1 Å². The van der Waals surface area contributed by atoms with E-state index in [1.54, 1.807) is 0 Å². The van der Waals surface area contributed by atoms with Gasteiger partial charge >= 0.3 is 0 Å². The number of nitrogens with zero attached hydrogens (tertiary/aromatic N) is 2. The Morgan fingerprint density at radius 2 is 1.35 bits per heavy atom. The molecule has 2 aromatic heterocycles. The zero-order valence-electron chi connectivity index (χ0n) is 35.0. The number of thiophene rings is 1. The standard InChI is InChI=1S/C36H35N2S.C13H24O2.Ir/c1-20-13-21(2)17-27(16-20)32-35-31(33(38-37-32)30-23(4)14-22(3)15-24(30)5)29-12-10-26-18-25(19-36(6,7)8)9-11-28(26)34(29)39-35;1-5-10(6-2)12(14)9-13(15)11(7-3)8-4;/h9-16,18H,19H2,1-8H3;9-11,14H,5-8H2,1-4H3;/q-1;;/b;12-9-;. The molecule has 6 aromatic rings. The second-order valence-corrected chi connectivity index (χ2v) is 17.5. The molecule has 0 fully saturated rings. The van der Waals surface area contributed by atoms with Crippen molar-refractivity contribution in [3.63, 3.8) is 0 Å². The minimum Gasteiger partial charge on any atom is -0.512 e. The molecule has 0 unspecified atom stereocenters. The molecule has 6 heteroatoms. The van der Waals surface area contributed by atoms with Crippen LogP contribution in [0.4, 0.5) is 0 Å². The van der Waals surface area contributed by atoms with Gasteiger partial charge in [-0.3, -0.25) is 4.79 Å². The molecule has 4 aromatic carbocycles. The predicted octanol–water partition coefficient (Wildman–Crippen LogP) is 14.1. The van der Waals surface area contributed by atoms with Gasteiger partial charge in [0, 0.05) is 69.4 Å². The molecular weight excluding hydrogens is 873 g/mol. The van der Waals surface area contributed by atoms with Crippen molar-refractivity contribution < 1.29 is 30.0 Å². The summed E-state index contributed by atoms with van der Waals surface area (Å²) in [5.41, 5.74) is 11.8. The monoisotopic (exact) mass is 932 g/mol. The summed E-state index contributed by atoms with van der Waals surface area (Å²) in [6, 6.07) is 24.0. The third kappa shape index (κ3) is 10.0. The van der Waals surface area contributed by atoms with Gasteiger partial charge in [0.25, 0.3) is 0 Å². The molecule has 1 N–H and O–H groups in total. The molecule has 0 aliphatic heterocycles. The van der Waals surface area contributed by atoms with Crippen LogP contribution in [0.25, 0.3) is 53.5 Å². The van der Waals surface area contributed by atoms with E-state index in [1.165, 1.54) is 70.4 Å². The first-order valence-electron chi connectivity index (χ1n) is 19.8. The number of carbonyl (C=O) groups is 1. The van der Waals surface area contributed by atoms with E-state index in [0.717, 1.165) is 54.6 Å². The van der Waals surface area contributed by atoms with E-state index >= 15 is 0 Å². The SMILES string of the molecule is CCC(CC)C(=O)/C=C(\O)C(CC)CC.Cc1[c-]c(-c2nnc(-c3c(C)cc(C)cc3C)c3c2sc2c4ccc(CC(C)(C)C)cc4ccc23)cc(C)c1.[Ir]. The quantitative estimate of drug-likeness (QED) is 0.0844. The molecule has 0 spiro atoms. The van der Waals surface area contributed by atoms with E-state index in [4.69, 9.17) is 10.2 Å². The zero-order chi connectivity index (χ0) is 39.5. The fraction of sp³-hybridized carbons (Fsp3) is 0.408. The van der Waals surface area contributed by atoms with E-state index in [1.807, 2.05) is 39.0 Å². The Labute approximate surface area is 347 Å². The van der Waals surface area contributed by atoms with Crippen molar-refractivity contribution in [1.29, 1.82) is 0 Å². The van der Waals surface area contributed by atoms with Gasteiger partial charge in [0.1, 0.15) is 5.69 Å². The second-order valence-electron chi connectivity index (χ2n) is 16.5. The van der Waals surface area contributed by atoms with E-state index in [-0.39, 0.29) is 48.9 Å². The molecule has 2 heterocycles. The number of fused-ring (bicyclic) bond motifs is 5. The second kappa shape index (κ2) is 18.5. The number of hydrogen-bond acceptors (Lipinski definition) is 5. The van der Waals surface area contributed by atoms with Crippen LogP contribution in [0, 0.1) is 57.9 Å². The maximum absolute atomic E-state index is 11.7. The fourth-order valence-electron chi connectivity index (χ4n) is 7.96. The fourth-order valence-corrected chi connectivity index (χ4v) is 9.30. The number of rotatable bonds is 10. The molecule has 0 saturated heterocycles. The number of allylic oxidation sites excluding steroid dienone is 2. The van der Waals surface area contributed by atoms with Crippen LogP contribution in [-0.2, 0) is 31.3 Å². The van der Waals surface area contributed by atoms with Crippen molar-refractivity contribution in [2.75, 3.05) is 0 Å². The molecule has 0 amide bonds. The first-order valence-corrected chi connectivity index (χ1v) is 20.6. The number of benzene rings is 4. The van der Waals surface area contributed by atoms with Gasteiger partial charge in [-0.1, -0.05) is 110 Å². The number of aryl methyl sites for hydroxylation is 5. The van der Waals surface area contributed by atoms with Crippen molar-refractivity contribution in [3.05, 3.63) is 106 Å². The van der Waals surface area contributed by atoms with Gasteiger partial charge in [-0.2, -0.15) is 10.2 Å². The molecule has 0 bridgehead atoms. The van der Waals surface area contributed by atoms with Crippen LogP contribution >= 0.6 is 11.3 Å². The van der Waals surface area contributed by atoms with Crippen molar-refractivity contribution in [1.82, 2.24) is 10.2 Å². The van der Waals surface area contributed by atoms with Crippen molar-refractivity contribution in [2.24, 2.45) is 17.3 Å². The summed E-state index contributed by atoms with van der Waals surface area (Å²) >= 11 is 1.84. The molecule has 0 aliphatic rings. The van der Waals surface area contributed by atoms with E-state index < -0.39 is 0 Å². The first-order chi connectivity index (χ1) is 25.6. The van der Waals surface area contributed by atoms with Crippen LogP contribution < -0.4 is 0 Å². The summed E-state index contributed by atoms with van der Waals surface area (Å²) < 4.78 is 2.48. The van der Waals surface area contributed by atoms with Gasteiger partial charge in [0.2, 0.25) is 0 Å². The Bertz CT molecular complexity index is 2290. The van der Waals surface area contributed by atoms with Crippen LogP contribution in [0.5, 0.6) is 0 Å². The summed E-state index contributed by atoms with van der Waals surface area (Å²) in [5, 5.41) is 24.7. The number of carbonyl (C=O) groups excluding carboxylic acids is 1. The van der Waals surface area contributed by atoms with Crippen LogP contribution in [0.3, 0.4) is 0 Å². The third-order valence-corrected chi connectivity index (χ3v) is 11.8. The molecule has 0 aliphatic carbocycles. The van der Waals surface area contributed by atoms with Gasteiger partial charge in [-0.05, 0) is 85.8 Å². The Morgan fingerprint density at radius 3 is 1.93 bits per heavy atom. The van der Waals surface area contributed by atoms with Crippen LogP contribution in [0.1, 0.15) is 108 Å². The van der Waals surface area contributed by atoms with Crippen molar-refractivity contribution >= 4 is 48.1 Å². The summed E-state index contributed by atoms with van der Waals surface area (Å²) in [6.45, 7) is 25.7. The Hall–Kier alpha value is -3.70. The van der Waals surface area contributed by atoms with Crippen LogP contribution in [0.15, 0.2) is 66.4 Å². The molecule has 0 saturated carbocycles. The van der Waals surface area contributed by atoms with Gasteiger partial charge in [-0.15, -0.1) is 46.2 Å². The normalized spacial score (nSPS) is 12.1. The van der Waals surface area contributed by atoms with Crippen LogP contribution in [0.2, 0.25) is 0 Å². The zero-order valence-corrected chi connectivity index (χ0v) is 38.2. The number of aromatic nitrogens is 2. The minimum atomic E-state index is 0. The smallest absolute Gasteiger partial charge is 0.162 e. The average molecular weight is 932 g/mol. The molecule has 293 valence electrons. The van der Waals surface area contributed by atoms with Crippen molar-refractivity contribution in [3.8, 4) is 22.5 Å². The molecule has 4 nitrogen and oxygen atoms in total. The number of hydrogen-bond donors (Lipinski definition) is 1. The summed E-state index contributed by atoms with van der Waals surface area (Å²) in [5.74, 6) is 0.547. The molecule has 1 radical (unpaired) electrons.